The van der Waals surface area contributed by atoms with Crippen LogP contribution in [0.2, 0.25) is 0 Å². The van der Waals surface area contributed by atoms with E-state index in [2.05, 4.69) is 15.3 Å². The minimum atomic E-state index is -0.300. The summed E-state index contributed by atoms with van der Waals surface area (Å²) in [4.78, 5) is 19.6. The van der Waals surface area contributed by atoms with E-state index in [9.17, 15) is 4.79 Å². The van der Waals surface area contributed by atoms with Crippen molar-refractivity contribution in [2.24, 2.45) is 0 Å². The zero-order chi connectivity index (χ0) is 13.1. The molecular weight excluding hydrogens is 228 g/mol. The number of anilines is 2. The van der Waals surface area contributed by atoms with Gasteiger partial charge in [-0.3, -0.25) is 4.79 Å². The number of nitrogens with zero attached hydrogens (tertiary/aromatic N) is 2. The summed E-state index contributed by atoms with van der Waals surface area (Å²) < 4.78 is 0. The van der Waals surface area contributed by atoms with Crippen LogP contribution in [0.5, 0.6) is 0 Å². The molecule has 2 rings (SSSR count). The van der Waals surface area contributed by atoms with Gasteiger partial charge in [0.1, 0.15) is 11.5 Å². The second kappa shape index (κ2) is 4.83. The number of hydrogen-bond donors (Lipinski definition) is 2. The van der Waals surface area contributed by atoms with Crippen molar-refractivity contribution in [2.75, 3.05) is 11.1 Å². The van der Waals surface area contributed by atoms with Crippen LogP contribution in [0.15, 0.2) is 30.6 Å². The molecule has 5 heteroatoms. The number of carbonyl (C=O) groups is 1. The van der Waals surface area contributed by atoms with E-state index in [-0.39, 0.29) is 17.4 Å². The largest absolute Gasteiger partial charge is 0.382 e. The summed E-state index contributed by atoms with van der Waals surface area (Å²) in [5.41, 5.74) is 8.69. The molecule has 0 unspecified atom stereocenters. The van der Waals surface area contributed by atoms with E-state index >= 15 is 0 Å². The lowest BCUT2D eigenvalue weighted by Gasteiger charge is -2.07. The molecule has 0 aliphatic carbocycles. The van der Waals surface area contributed by atoms with Gasteiger partial charge in [-0.2, -0.15) is 0 Å². The lowest BCUT2D eigenvalue weighted by Crippen LogP contribution is -2.14. The fourth-order valence-electron chi connectivity index (χ4n) is 1.47. The van der Waals surface area contributed by atoms with Crippen LogP contribution in [0.3, 0.4) is 0 Å². The number of hydrogen-bond acceptors (Lipinski definition) is 4. The second-order valence-corrected chi connectivity index (χ2v) is 4.08. The number of aryl methyl sites for hydroxylation is 2. The quantitative estimate of drug-likeness (QED) is 0.843. The molecule has 1 heterocycles. The molecule has 0 spiro atoms. The van der Waals surface area contributed by atoms with Gasteiger partial charge in [0.05, 0.1) is 12.4 Å². The van der Waals surface area contributed by atoms with Gasteiger partial charge >= 0.3 is 0 Å². The Morgan fingerprint density at radius 3 is 2.56 bits per heavy atom. The predicted octanol–water partition coefficient (Wildman–Crippen LogP) is 1.93. The van der Waals surface area contributed by atoms with Gasteiger partial charge in [-0.05, 0) is 37.1 Å². The Bertz CT molecular complexity index is 578. The normalized spacial score (nSPS) is 10.1. The fraction of sp³-hybridized carbons (Fsp3) is 0.154. The molecule has 1 aromatic carbocycles. The molecule has 5 nitrogen and oxygen atoms in total. The highest BCUT2D eigenvalue weighted by Gasteiger charge is 2.08. The summed E-state index contributed by atoms with van der Waals surface area (Å²) in [6.45, 7) is 4.01. The average molecular weight is 242 g/mol. The first-order chi connectivity index (χ1) is 8.56. The zero-order valence-electron chi connectivity index (χ0n) is 10.3. The number of nitrogen functional groups attached to an aromatic ring is 1. The van der Waals surface area contributed by atoms with E-state index in [0.29, 0.717) is 0 Å². The van der Waals surface area contributed by atoms with Crippen molar-refractivity contribution in [3.63, 3.8) is 0 Å². The maximum Gasteiger partial charge on any atom is 0.275 e. The third-order valence-corrected chi connectivity index (χ3v) is 2.67. The molecule has 92 valence electrons. The molecule has 0 saturated heterocycles. The van der Waals surface area contributed by atoms with Gasteiger partial charge in [0.2, 0.25) is 0 Å². The van der Waals surface area contributed by atoms with Gasteiger partial charge < -0.3 is 11.1 Å². The fourth-order valence-corrected chi connectivity index (χ4v) is 1.47. The highest BCUT2D eigenvalue weighted by molar-refractivity contribution is 6.02. The Balaban J connectivity index is 2.16. The summed E-state index contributed by atoms with van der Waals surface area (Å²) in [6.07, 6.45) is 2.71. The molecule has 0 radical (unpaired) electrons. The van der Waals surface area contributed by atoms with Gasteiger partial charge in [0.25, 0.3) is 5.91 Å². The van der Waals surface area contributed by atoms with E-state index in [1.807, 2.05) is 32.0 Å². The molecule has 0 saturated carbocycles. The van der Waals surface area contributed by atoms with Crippen molar-refractivity contribution < 1.29 is 4.79 Å². The number of amides is 1. The standard InChI is InChI=1S/C13H14N4O/c1-8-3-4-10(5-9(8)2)17-13(18)11-6-16-12(14)7-15-11/h3-7H,1-2H3,(H2,14,16)(H,17,18). The van der Waals surface area contributed by atoms with E-state index in [0.717, 1.165) is 11.3 Å². The SMILES string of the molecule is Cc1ccc(NC(=O)c2cnc(N)cn2)cc1C. The number of nitrogens with one attached hydrogen (secondary N) is 1. The molecule has 18 heavy (non-hydrogen) atoms. The summed E-state index contributed by atoms with van der Waals surface area (Å²) in [5.74, 6) is -0.0107. The molecule has 1 amide bonds. The van der Waals surface area contributed by atoms with E-state index < -0.39 is 0 Å². The van der Waals surface area contributed by atoms with Crippen molar-refractivity contribution in [3.8, 4) is 0 Å². The molecule has 2 aromatic rings. The molecule has 1 aromatic heterocycles. The average Bonchev–Trinajstić information content (AvgIpc) is 2.34. The van der Waals surface area contributed by atoms with E-state index in [4.69, 9.17) is 5.73 Å². The maximum atomic E-state index is 11.9. The van der Waals surface area contributed by atoms with Crippen LogP contribution < -0.4 is 11.1 Å². The minimum Gasteiger partial charge on any atom is -0.382 e. The summed E-state index contributed by atoms with van der Waals surface area (Å²) in [7, 11) is 0. The predicted molar refractivity (Wildman–Crippen MR) is 70.3 cm³/mol. The van der Waals surface area contributed by atoms with Gasteiger partial charge in [0, 0.05) is 5.69 Å². The molecule has 0 aliphatic heterocycles. The number of nitrogens with two attached hydrogens (primary N) is 1. The Morgan fingerprint density at radius 1 is 1.17 bits per heavy atom. The van der Waals surface area contributed by atoms with Crippen LogP contribution >= 0.6 is 0 Å². The smallest absolute Gasteiger partial charge is 0.275 e. The van der Waals surface area contributed by atoms with E-state index in [1.165, 1.54) is 18.0 Å². The highest BCUT2D eigenvalue weighted by Crippen LogP contribution is 2.14. The number of carbonyl (C=O) groups excluding carboxylic acids is 1. The van der Waals surface area contributed by atoms with Crippen LogP contribution in [-0.4, -0.2) is 15.9 Å². The molecular formula is C13H14N4O. The van der Waals surface area contributed by atoms with E-state index in [1.54, 1.807) is 0 Å². The van der Waals surface area contributed by atoms with Crippen LogP contribution in [0.1, 0.15) is 21.6 Å². The van der Waals surface area contributed by atoms with Crippen molar-refractivity contribution in [1.29, 1.82) is 0 Å². The number of rotatable bonds is 2. The maximum absolute atomic E-state index is 11.9. The Morgan fingerprint density at radius 2 is 1.94 bits per heavy atom. The highest BCUT2D eigenvalue weighted by atomic mass is 16.1. The first kappa shape index (κ1) is 12.0. The van der Waals surface area contributed by atoms with Crippen LogP contribution in [0.4, 0.5) is 11.5 Å². The van der Waals surface area contributed by atoms with Gasteiger partial charge in [-0.1, -0.05) is 6.07 Å². The number of aromatic nitrogens is 2. The third-order valence-electron chi connectivity index (χ3n) is 2.67. The minimum absolute atomic E-state index is 0.238. The van der Waals surface area contributed by atoms with Gasteiger partial charge in [0.15, 0.2) is 0 Å². The summed E-state index contributed by atoms with van der Waals surface area (Å²) in [5, 5.41) is 2.76. The van der Waals surface area contributed by atoms with Crippen LogP contribution in [0, 0.1) is 13.8 Å². The van der Waals surface area contributed by atoms with Gasteiger partial charge in [-0.25, -0.2) is 9.97 Å². The Hall–Kier alpha value is -2.43. The Kier molecular flexibility index (Phi) is 3.23. The number of benzene rings is 1. The first-order valence-corrected chi connectivity index (χ1v) is 5.52. The Labute approximate surface area is 105 Å². The van der Waals surface area contributed by atoms with Crippen molar-refractivity contribution in [2.45, 2.75) is 13.8 Å². The van der Waals surface area contributed by atoms with Crippen molar-refractivity contribution in [3.05, 3.63) is 47.4 Å². The van der Waals surface area contributed by atoms with Crippen molar-refractivity contribution >= 4 is 17.4 Å². The monoisotopic (exact) mass is 242 g/mol. The lowest BCUT2D eigenvalue weighted by molar-refractivity contribution is 0.102. The molecule has 0 atom stereocenters. The second-order valence-electron chi connectivity index (χ2n) is 4.08. The molecule has 0 bridgehead atoms. The van der Waals surface area contributed by atoms with Crippen LogP contribution in [-0.2, 0) is 0 Å². The molecule has 0 aliphatic rings. The first-order valence-electron chi connectivity index (χ1n) is 5.52. The topological polar surface area (TPSA) is 80.9 Å². The summed E-state index contributed by atoms with van der Waals surface area (Å²) >= 11 is 0. The van der Waals surface area contributed by atoms with Crippen LogP contribution in [0.25, 0.3) is 0 Å². The van der Waals surface area contributed by atoms with Crippen molar-refractivity contribution in [1.82, 2.24) is 9.97 Å². The third kappa shape index (κ3) is 2.63. The molecule has 3 N–H and O–H groups in total. The summed E-state index contributed by atoms with van der Waals surface area (Å²) in [6, 6.07) is 5.72. The lowest BCUT2D eigenvalue weighted by atomic mass is 10.1. The van der Waals surface area contributed by atoms with Gasteiger partial charge in [-0.15, -0.1) is 0 Å². The molecule has 0 fully saturated rings. The zero-order valence-corrected chi connectivity index (χ0v) is 10.3.